The Hall–Kier alpha value is -2.42. The first-order valence-electron chi connectivity index (χ1n) is 7.69. The summed E-state index contributed by atoms with van der Waals surface area (Å²) in [5.41, 5.74) is 1.77. The van der Waals surface area contributed by atoms with Crippen LogP contribution < -0.4 is 9.62 Å². The molecule has 0 spiro atoms. The largest absolute Gasteiger partial charge is 0.309 e. The van der Waals surface area contributed by atoms with E-state index in [1.807, 2.05) is 13.8 Å². The Labute approximate surface area is 146 Å². The molecule has 2 rings (SSSR count). The van der Waals surface area contributed by atoms with E-state index < -0.39 is 28.3 Å². The van der Waals surface area contributed by atoms with Gasteiger partial charge in [-0.3, -0.25) is 13.8 Å². The number of carbonyl (C=O) groups excluding carboxylic acids is 1. The van der Waals surface area contributed by atoms with E-state index in [1.165, 1.54) is 18.2 Å². The van der Waals surface area contributed by atoms with Crippen molar-refractivity contribution in [2.45, 2.75) is 20.3 Å². The van der Waals surface area contributed by atoms with Gasteiger partial charge in [-0.05, 0) is 31.5 Å². The van der Waals surface area contributed by atoms with Crippen LogP contribution in [0.15, 0.2) is 24.3 Å². The highest BCUT2D eigenvalue weighted by atomic mass is 32.2. The summed E-state index contributed by atoms with van der Waals surface area (Å²) in [6.07, 6.45) is 1.68. The molecular weight excluding hydrogens is 347 g/mol. The van der Waals surface area contributed by atoms with Crippen LogP contribution in [0.4, 0.5) is 15.9 Å². The van der Waals surface area contributed by atoms with Crippen LogP contribution in [0.2, 0.25) is 0 Å². The van der Waals surface area contributed by atoms with Crippen LogP contribution >= 0.6 is 0 Å². The zero-order valence-electron chi connectivity index (χ0n) is 14.6. The number of aryl methyl sites for hydroxylation is 2. The molecule has 2 aromatic rings. The minimum absolute atomic E-state index is 0.0913. The second-order valence-electron chi connectivity index (χ2n) is 5.70. The van der Waals surface area contributed by atoms with Crippen LogP contribution in [0.3, 0.4) is 0 Å². The van der Waals surface area contributed by atoms with Crippen molar-refractivity contribution < 1.29 is 17.6 Å². The van der Waals surface area contributed by atoms with Gasteiger partial charge in [-0.2, -0.15) is 5.10 Å². The molecule has 0 bridgehead atoms. The molecule has 1 aromatic heterocycles. The molecule has 25 heavy (non-hydrogen) atoms. The average Bonchev–Trinajstić information content (AvgIpc) is 2.79. The highest BCUT2D eigenvalue weighted by molar-refractivity contribution is 7.92. The fourth-order valence-electron chi connectivity index (χ4n) is 2.53. The van der Waals surface area contributed by atoms with Gasteiger partial charge in [0.1, 0.15) is 18.2 Å². The summed E-state index contributed by atoms with van der Waals surface area (Å²) in [4.78, 5) is 12.4. The second-order valence-corrected chi connectivity index (χ2v) is 7.60. The predicted molar refractivity (Wildman–Crippen MR) is 94.5 cm³/mol. The van der Waals surface area contributed by atoms with Gasteiger partial charge < -0.3 is 5.32 Å². The highest BCUT2D eigenvalue weighted by Gasteiger charge is 2.22. The lowest BCUT2D eigenvalue weighted by molar-refractivity contribution is -0.114. The standard InChI is InChI=1S/C16H21FN4O3S/c1-5-14-11(2)16(20(3)19-14)18-15(22)10-21(25(4,23)24)13-8-6-7-12(17)9-13/h6-9H,5,10H2,1-4H3,(H,18,22). The summed E-state index contributed by atoms with van der Waals surface area (Å²) < 4.78 is 39.9. The Bertz CT molecular complexity index is 893. The van der Waals surface area contributed by atoms with Gasteiger partial charge in [0.25, 0.3) is 0 Å². The third-order valence-electron chi connectivity index (χ3n) is 3.76. The summed E-state index contributed by atoms with van der Waals surface area (Å²) in [7, 11) is -2.06. The Balaban J connectivity index is 2.25. The van der Waals surface area contributed by atoms with E-state index in [9.17, 15) is 17.6 Å². The van der Waals surface area contributed by atoms with Crippen molar-refractivity contribution in [2.24, 2.45) is 7.05 Å². The van der Waals surface area contributed by atoms with Gasteiger partial charge >= 0.3 is 0 Å². The molecule has 0 aliphatic rings. The molecule has 0 aliphatic heterocycles. The molecule has 0 atom stereocenters. The van der Waals surface area contributed by atoms with Gasteiger partial charge in [-0.1, -0.05) is 13.0 Å². The molecule has 1 heterocycles. The number of aromatic nitrogens is 2. The fraction of sp³-hybridized carbons (Fsp3) is 0.375. The zero-order chi connectivity index (χ0) is 18.8. The topological polar surface area (TPSA) is 84.3 Å². The third kappa shape index (κ3) is 4.36. The number of hydrogen-bond donors (Lipinski definition) is 1. The van der Waals surface area contributed by atoms with Crippen LogP contribution in [0.5, 0.6) is 0 Å². The molecule has 1 N–H and O–H groups in total. The van der Waals surface area contributed by atoms with Crippen molar-refractivity contribution in [1.82, 2.24) is 9.78 Å². The van der Waals surface area contributed by atoms with E-state index in [0.29, 0.717) is 12.2 Å². The molecule has 0 aliphatic carbocycles. The van der Waals surface area contributed by atoms with Crippen molar-refractivity contribution in [3.05, 3.63) is 41.3 Å². The molecule has 136 valence electrons. The van der Waals surface area contributed by atoms with Crippen molar-refractivity contribution in [1.29, 1.82) is 0 Å². The van der Waals surface area contributed by atoms with Crippen LogP contribution in [-0.4, -0.2) is 36.9 Å². The monoisotopic (exact) mass is 368 g/mol. The summed E-state index contributed by atoms with van der Waals surface area (Å²) in [5.74, 6) is -0.611. The highest BCUT2D eigenvalue weighted by Crippen LogP contribution is 2.21. The number of amides is 1. The molecule has 1 aromatic carbocycles. The lowest BCUT2D eigenvalue weighted by atomic mass is 10.2. The first kappa shape index (κ1) is 18.9. The number of sulfonamides is 1. The number of nitrogens with zero attached hydrogens (tertiary/aromatic N) is 3. The SMILES string of the molecule is CCc1nn(C)c(NC(=O)CN(c2cccc(F)c2)S(C)(=O)=O)c1C. The van der Waals surface area contributed by atoms with E-state index in [-0.39, 0.29) is 5.69 Å². The first-order valence-corrected chi connectivity index (χ1v) is 9.54. The average molecular weight is 368 g/mol. The summed E-state index contributed by atoms with van der Waals surface area (Å²) in [6, 6.07) is 5.09. The molecule has 7 nitrogen and oxygen atoms in total. The van der Waals surface area contributed by atoms with E-state index in [2.05, 4.69) is 10.4 Å². The Morgan fingerprint density at radius 3 is 2.60 bits per heavy atom. The molecule has 9 heteroatoms. The van der Waals surface area contributed by atoms with E-state index in [4.69, 9.17) is 0 Å². The molecule has 0 saturated carbocycles. The number of carbonyl (C=O) groups is 1. The Morgan fingerprint density at radius 2 is 2.08 bits per heavy atom. The quantitative estimate of drug-likeness (QED) is 0.843. The van der Waals surface area contributed by atoms with Gasteiger partial charge in [-0.25, -0.2) is 12.8 Å². The summed E-state index contributed by atoms with van der Waals surface area (Å²) in [6.45, 7) is 3.33. The lowest BCUT2D eigenvalue weighted by Crippen LogP contribution is -2.37. The van der Waals surface area contributed by atoms with E-state index in [0.717, 1.165) is 27.9 Å². The number of benzene rings is 1. The van der Waals surface area contributed by atoms with Gasteiger partial charge in [0.2, 0.25) is 15.9 Å². The van der Waals surface area contributed by atoms with Gasteiger partial charge in [0.05, 0.1) is 17.6 Å². The summed E-state index contributed by atoms with van der Waals surface area (Å²) >= 11 is 0. The maximum absolute atomic E-state index is 13.4. The third-order valence-corrected chi connectivity index (χ3v) is 4.90. The van der Waals surface area contributed by atoms with Gasteiger partial charge in [0.15, 0.2) is 0 Å². The second kappa shape index (κ2) is 7.22. The van der Waals surface area contributed by atoms with Crippen molar-refractivity contribution in [2.75, 3.05) is 22.4 Å². The smallest absolute Gasteiger partial charge is 0.246 e. The van der Waals surface area contributed by atoms with Crippen LogP contribution in [0.25, 0.3) is 0 Å². The van der Waals surface area contributed by atoms with Gasteiger partial charge in [0, 0.05) is 12.6 Å². The number of hydrogen-bond acceptors (Lipinski definition) is 4. The Kier molecular flexibility index (Phi) is 5.46. The normalized spacial score (nSPS) is 11.4. The molecule has 0 unspecified atom stereocenters. The van der Waals surface area contributed by atoms with E-state index >= 15 is 0 Å². The number of nitrogens with one attached hydrogen (secondary N) is 1. The molecule has 0 saturated heterocycles. The van der Waals surface area contributed by atoms with Crippen molar-refractivity contribution in [3.63, 3.8) is 0 Å². The zero-order valence-corrected chi connectivity index (χ0v) is 15.4. The first-order chi connectivity index (χ1) is 11.6. The Morgan fingerprint density at radius 1 is 1.40 bits per heavy atom. The molecule has 0 fully saturated rings. The van der Waals surface area contributed by atoms with Crippen LogP contribution in [0, 0.1) is 12.7 Å². The molecule has 0 radical (unpaired) electrons. The number of anilines is 2. The maximum atomic E-state index is 13.4. The van der Waals surface area contributed by atoms with Crippen LogP contribution in [-0.2, 0) is 28.3 Å². The molecular formula is C16H21FN4O3S. The maximum Gasteiger partial charge on any atom is 0.246 e. The fourth-order valence-corrected chi connectivity index (χ4v) is 3.38. The minimum Gasteiger partial charge on any atom is -0.309 e. The number of rotatable bonds is 6. The van der Waals surface area contributed by atoms with Crippen LogP contribution in [0.1, 0.15) is 18.2 Å². The summed E-state index contributed by atoms with van der Waals surface area (Å²) in [5, 5.41) is 6.98. The molecule has 1 amide bonds. The van der Waals surface area contributed by atoms with Crippen molar-refractivity contribution >= 4 is 27.4 Å². The van der Waals surface area contributed by atoms with Crippen molar-refractivity contribution in [3.8, 4) is 0 Å². The van der Waals surface area contributed by atoms with E-state index in [1.54, 1.807) is 11.7 Å². The lowest BCUT2D eigenvalue weighted by Gasteiger charge is -2.22. The number of halogens is 1. The minimum atomic E-state index is -3.76. The predicted octanol–water partition coefficient (Wildman–Crippen LogP) is 1.83. The van der Waals surface area contributed by atoms with Gasteiger partial charge in [-0.15, -0.1) is 0 Å².